The Bertz CT molecular complexity index is 1080. The van der Waals surface area contributed by atoms with Crippen LogP contribution in [0.1, 0.15) is 25.0 Å². The third kappa shape index (κ3) is 3.69. The Balaban J connectivity index is 2.10. The van der Waals surface area contributed by atoms with Crippen LogP contribution in [0.15, 0.2) is 57.7 Å². The minimum atomic E-state index is -0.621. The predicted molar refractivity (Wildman–Crippen MR) is 113 cm³/mol. The van der Waals surface area contributed by atoms with Crippen LogP contribution in [-0.4, -0.2) is 18.1 Å². The van der Waals surface area contributed by atoms with Gasteiger partial charge >= 0.3 is 5.63 Å². The first-order chi connectivity index (χ1) is 13.1. The minimum absolute atomic E-state index is 0.0828. The minimum Gasteiger partial charge on any atom is -0.422 e. The Morgan fingerprint density at radius 3 is 2.52 bits per heavy atom. The molecular formula is C21H19N3O2S. The van der Waals surface area contributed by atoms with Gasteiger partial charge in [-0.15, -0.1) is 0 Å². The first-order valence-electron chi connectivity index (χ1n) is 8.71. The third-order valence-electron chi connectivity index (χ3n) is 4.39. The van der Waals surface area contributed by atoms with E-state index >= 15 is 0 Å². The number of fused-ring (bicyclic) bond motifs is 1. The van der Waals surface area contributed by atoms with Gasteiger partial charge < -0.3 is 14.6 Å². The van der Waals surface area contributed by atoms with Gasteiger partial charge in [0.15, 0.2) is 0 Å². The van der Waals surface area contributed by atoms with Crippen LogP contribution >= 0.6 is 12.2 Å². The Morgan fingerprint density at radius 1 is 1.19 bits per heavy atom. The van der Waals surface area contributed by atoms with E-state index < -0.39 is 5.63 Å². The van der Waals surface area contributed by atoms with Crippen molar-refractivity contribution in [2.75, 3.05) is 23.3 Å². The highest BCUT2D eigenvalue weighted by atomic mass is 32.1. The average Bonchev–Trinajstić information content (AvgIpc) is 2.68. The van der Waals surface area contributed by atoms with E-state index in [2.05, 4.69) is 30.1 Å². The molecule has 136 valence electrons. The SMILES string of the molecule is CCN(CC)c1ccc2c(C#N)c(C(=S)Nc3ccccc3)c(=O)oc2c1. The van der Waals surface area contributed by atoms with Gasteiger partial charge in [-0.3, -0.25) is 0 Å². The quantitative estimate of drug-likeness (QED) is 0.528. The average molecular weight is 377 g/mol. The molecule has 0 saturated carbocycles. The normalized spacial score (nSPS) is 10.4. The molecule has 0 unspecified atom stereocenters. The molecule has 0 aliphatic heterocycles. The molecule has 5 nitrogen and oxygen atoms in total. The number of hydrogen-bond donors (Lipinski definition) is 1. The molecule has 0 bridgehead atoms. The second-order valence-electron chi connectivity index (χ2n) is 5.92. The lowest BCUT2D eigenvalue weighted by Gasteiger charge is -2.21. The number of nitrogens with zero attached hydrogens (tertiary/aromatic N) is 2. The molecule has 0 spiro atoms. The molecule has 0 saturated heterocycles. The molecule has 27 heavy (non-hydrogen) atoms. The van der Waals surface area contributed by atoms with Gasteiger partial charge in [-0.05, 0) is 38.1 Å². The van der Waals surface area contributed by atoms with Crippen LogP contribution < -0.4 is 15.8 Å². The number of para-hydroxylation sites is 1. The van der Waals surface area contributed by atoms with Crippen molar-refractivity contribution in [3.05, 3.63) is 70.1 Å². The second-order valence-corrected chi connectivity index (χ2v) is 6.33. The van der Waals surface area contributed by atoms with Crippen molar-refractivity contribution in [2.24, 2.45) is 0 Å². The number of benzene rings is 2. The van der Waals surface area contributed by atoms with Gasteiger partial charge in [0.25, 0.3) is 0 Å². The van der Waals surface area contributed by atoms with Gasteiger partial charge in [0.1, 0.15) is 22.2 Å². The maximum absolute atomic E-state index is 12.6. The van der Waals surface area contributed by atoms with Gasteiger partial charge in [-0.25, -0.2) is 4.79 Å². The van der Waals surface area contributed by atoms with Crippen LogP contribution in [0.2, 0.25) is 0 Å². The molecule has 0 amide bonds. The summed E-state index contributed by atoms with van der Waals surface area (Å²) in [4.78, 5) is 14.9. The lowest BCUT2D eigenvalue weighted by atomic mass is 10.0. The summed E-state index contributed by atoms with van der Waals surface area (Å²) in [6, 6.07) is 16.9. The van der Waals surface area contributed by atoms with Crippen LogP contribution in [0, 0.1) is 11.3 Å². The van der Waals surface area contributed by atoms with Crippen LogP contribution in [0.3, 0.4) is 0 Å². The summed E-state index contributed by atoms with van der Waals surface area (Å²) in [5.74, 6) is 0. The maximum atomic E-state index is 12.6. The van der Waals surface area contributed by atoms with Crippen molar-refractivity contribution < 1.29 is 4.42 Å². The summed E-state index contributed by atoms with van der Waals surface area (Å²) >= 11 is 5.38. The van der Waals surface area contributed by atoms with Crippen LogP contribution in [0.5, 0.6) is 0 Å². The second kappa shape index (κ2) is 8.02. The summed E-state index contributed by atoms with van der Waals surface area (Å²) in [5.41, 5.74) is 1.75. The number of nitrogens with one attached hydrogen (secondary N) is 1. The van der Waals surface area contributed by atoms with E-state index in [1.54, 1.807) is 12.1 Å². The molecule has 0 aliphatic carbocycles. The maximum Gasteiger partial charge on any atom is 0.347 e. The molecule has 0 fully saturated rings. The smallest absolute Gasteiger partial charge is 0.347 e. The highest BCUT2D eigenvalue weighted by Crippen LogP contribution is 2.25. The summed E-state index contributed by atoms with van der Waals surface area (Å²) < 4.78 is 5.51. The molecule has 1 heterocycles. The zero-order valence-electron chi connectivity index (χ0n) is 15.2. The molecule has 3 aromatic rings. The van der Waals surface area contributed by atoms with Gasteiger partial charge in [-0.1, -0.05) is 30.4 Å². The summed E-state index contributed by atoms with van der Waals surface area (Å²) in [5, 5.41) is 13.3. The summed E-state index contributed by atoms with van der Waals surface area (Å²) in [6.45, 7) is 5.78. The largest absolute Gasteiger partial charge is 0.422 e. The highest BCUT2D eigenvalue weighted by Gasteiger charge is 2.19. The van der Waals surface area contributed by atoms with E-state index in [0.717, 1.165) is 24.5 Å². The van der Waals surface area contributed by atoms with Gasteiger partial charge in [0.05, 0.1) is 5.56 Å². The van der Waals surface area contributed by atoms with Crippen molar-refractivity contribution in [3.63, 3.8) is 0 Å². The van der Waals surface area contributed by atoms with Crippen LogP contribution in [0.25, 0.3) is 11.0 Å². The first kappa shape index (κ1) is 18.6. The monoisotopic (exact) mass is 377 g/mol. The Kier molecular flexibility index (Phi) is 5.53. The Morgan fingerprint density at radius 2 is 1.89 bits per heavy atom. The molecule has 3 rings (SSSR count). The van der Waals surface area contributed by atoms with E-state index in [4.69, 9.17) is 16.6 Å². The lowest BCUT2D eigenvalue weighted by molar-refractivity contribution is 0.559. The van der Waals surface area contributed by atoms with E-state index in [1.165, 1.54) is 0 Å². The van der Waals surface area contributed by atoms with Gasteiger partial charge in [0.2, 0.25) is 0 Å². The van der Waals surface area contributed by atoms with Crippen molar-refractivity contribution in [3.8, 4) is 6.07 Å². The standard InChI is InChI=1S/C21H19N3O2S/c1-3-24(4-2)15-10-11-16-17(13-22)19(21(25)26-18(16)12-15)20(27)23-14-8-6-5-7-9-14/h5-12H,3-4H2,1-2H3,(H,23,27). The van der Waals surface area contributed by atoms with Crippen molar-refractivity contribution in [1.29, 1.82) is 5.26 Å². The topological polar surface area (TPSA) is 69.3 Å². The molecule has 0 atom stereocenters. The molecule has 6 heteroatoms. The van der Waals surface area contributed by atoms with E-state index in [0.29, 0.717) is 11.0 Å². The molecule has 2 aromatic carbocycles. The fourth-order valence-corrected chi connectivity index (χ4v) is 3.32. The Labute approximate surface area is 162 Å². The first-order valence-corrected chi connectivity index (χ1v) is 9.12. The fourth-order valence-electron chi connectivity index (χ4n) is 3.01. The van der Waals surface area contributed by atoms with Crippen LogP contribution in [-0.2, 0) is 0 Å². The van der Waals surface area contributed by atoms with Crippen molar-refractivity contribution in [1.82, 2.24) is 0 Å². The molecule has 0 aliphatic rings. The number of rotatable bonds is 5. The highest BCUT2D eigenvalue weighted by molar-refractivity contribution is 7.81. The zero-order valence-corrected chi connectivity index (χ0v) is 16.0. The molecular weight excluding hydrogens is 358 g/mol. The summed E-state index contributed by atoms with van der Waals surface area (Å²) in [6.07, 6.45) is 0. The predicted octanol–water partition coefficient (Wildman–Crippen LogP) is 4.30. The van der Waals surface area contributed by atoms with Crippen molar-refractivity contribution in [2.45, 2.75) is 13.8 Å². The zero-order chi connectivity index (χ0) is 19.4. The number of hydrogen-bond acceptors (Lipinski definition) is 5. The Hall–Kier alpha value is -3.17. The number of nitriles is 1. The lowest BCUT2D eigenvalue weighted by Crippen LogP contribution is -2.23. The van der Waals surface area contributed by atoms with Gasteiger partial charge in [0, 0.05) is 35.9 Å². The molecule has 1 aromatic heterocycles. The van der Waals surface area contributed by atoms with Crippen molar-refractivity contribution >= 4 is 39.6 Å². The van der Waals surface area contributed by atoms with Crippen LogP contribution in [0.4, 0.5) is 11.4 Å². The van der Waals surface area contributed by atoms with Gasteiger partial charge in [-0.2, -0.15) is 5.26 Å². The number of anilines is 2. The number of thiocarbonyl (C=S) groups is 1. The summed E-state index contributed by atoms with van der Waals surface area (Å²) in [7, 11) is 0. The fraction of sp³-hybridized carbons (Fsp3) is 0.190. The van der Waals surface area contributed by atoms with E-state index in [1.807, 2.05) is 36.4 Å². The molecule has 1 N–H and O–H groups in total. The molecule has 0 radical (unpaired) electrons. The van der Waals surface area contributed by atoms with E-state index in [9.17, 15) is 10.1 Å². The van der Waals surface area contributed by atoms with E-state index in [-0.39, 0.29) is 16.1 Å². The third-order valence-corrected chi connectivity index (χ3v) is 4.70.